The van der Waals surface area contributed by atoms with Gasteiger partial charge in [-0.05, 0) is 79.8 Å². The molecule has 0 radical (unpaired) electrons. The Hall–Kier alpha value is -6.34. The van der Waals surface area contributed by atoms with Crippen LogP contribution in [0.25, 0.3) is 0 Å². The molecule has 20 nitrogen and oxygen atoms in total. The lowest BCUT2D eigenvalue weighted by Gasteiger charge is -2.63. The van der Waals surface area contributed by atoms with E-state index in [2.05, 4.69) is 53.8 Å². The number of fused-ring (bicyclic) bond motifs is 1. The van der Waals surface area contributed by atoms with Crippen molar-refractivity contribution in [1.82, 2.24) is 20.0 Å². The number of imide groups is 2. The summed E-state index contributed by atoms with van der Waals surface area (Å²) in [7, 11) is 1.59. The number of methoxy groups -OCH3 is 1. The second-order valence-corrected chi connectivity index (χ2v) is 21.6. The van der Waals surface area contributed by atoms with Crippen molar-refractivity contribution in [3.05, 3.63) is 87.9 Å². The fourth-order valence-electron chi connectivity index (χ4n) is 11.5. The highest BCUT2D eigenvalue weighted by Gasteiger charge is 2.64. The van der Waals surface area contributed by atoms with Crippen molar-refractivity contribution in [1.29, 1.82) is 5.26 Å². The first-order valence-corrected chi connectivity index (χ1v) is 26.8. The molecular weight excluding hydrogens is 1010 g/mol. The van der Waals surface area contributed by atoms with Gasteiger partial charge in [0, 0.05) is 99.2 Å². The number of hydrogen-bond donors (Lipinski definition) is 1. The van der Waals surface area contributed by atoms with E-state index in [-0.39, 0.29) is 72.7 Å². The van der Waals surface area contributed by atoms with Gasteiger partial charge in [0.15, 0.2) is 6.73 Å². The maximum absolute atomic E-state index is 13.9. The van der Waals surface area contributed by atoms with E-state index in [0.29, 0.717) is 60.9 Å². The van der Waals surface area contributed by atoms with Gasteiger partial charge in [-0.3, -0.25) is 33.8 Å². The molecule has 21 heteroatoms. The second-order valence-electron chi connectivity index (χ2n) is 21.2. The van der Waals surface area contributed by atoms with Crippen molar-refractivity contribution in [2.45, 2.75) is 71.6 Å². The number of carbonyl (C=O) groups excluding carboxylic acids is 6. The van der Waals surface area contributed by atoms with Crippen LogP contribution >= 0.6 is 11.6 Å². The molecule has 5 amide bonds. The van der Waals surface area contributed by atoms with Gasteiger partial charge < -0.3 is 48.3 Å². The summed E-state index contributed by atoms with van der Waals surface area (Å²) in [6, 6.07) is 18.8. The minimum absolute atomic E-state index is 0.0503. The Morgan fingerprint density at radius 1 is 0.714 bits per heavy atom. The smallest absolute Gasteiger partial charge is 0.489 e. The summed E-state index contributed by atoms with van der Waals surface area (Å²) in [6.07, 6.45) is 0.580. The van der Waals surface area contributed by atoms with Crippen molar-refractivity contribution in [3.63, 3.8) is 0 Å². The predicted octanol–water partition coefficient (Wildman–Crippen LogP) is 5.78. The number of carbonyl (C=O) groups is 6. The maximum atomic E-state index is 13.9. The van der Waals surface area contributed by atoms with Crippen LogP contribution in [0.15, 0.2) is 60.7 Å². The molecule has 4 fully saturated rings. The standard InChI is InChI=1S/C56H70ClN7O13/c1-55(2)52(56(3,4)53(55)77-42-12-8-39(34-58)45(57)33-42)59-48(66)38-6-9-40(10-7-38)61-18-16-37(17-19-61)35-60-20-22-62(23-21-60)41-11-13-43-44(32-41)50(68)64(49(43)67)46-14-15-47(65)63(51(46)69)36-76-54(70)75-31-30-74-29-28-73-27-26-72-25-24-71-5/h6-13,32-33,37,46,52-53H,14-31,35-36H2,1-5H3,(H,59,66)/t46?,52-,53-. The van der Waals surface area contributed by atoms with E-state index in [4.69, 9.17) is 44.8 Å². The Morgan fingerprint density at radius 2 is 1.32 bits per heavy atom. The van der Waals surface area contributed by atoms with E-state index >= 15 is 0 Å². The summed E-state index contributed by atoms with van der Waals surface area (Å²) in [6.45, 7) is 15.9. The van der Waals surface area contributed by atoms with Crippen LogP contribution in [0, 0.1) is 28.1 Å². The topological polar surface area (TPSA) is 219 Å². The van der Waals surface area contributed by atoms with Gasteiger partial charge in [-0.2, -0.15) is 5.26 Å². The Labute approximate surface area is 454 Å². The van der Waals surface area contributed by atoms with Crippen molar-refractivity contribution in [2.24, 2.45) is 16.7 Å². The number of likely N-dealkylation sites (tertiary alicyclic amines) is 1. The van der Waals surface area contributed by atoms with Crippen LogP contribution in [-0.2, 0) is 38.0 Å². The summed E-state index contributed by atoms with van der Waals surface area (Å²) in [5.74, 6) is -1.66. The van der Waals surface area contributed by atoms with Crippen molar-refractivity contribution in [3.8, 4) is 11.8 Å². The van der Waals surface area contributed by atoms with E-state index in [1.807, 2.05) is 30.3 Å². The number of ether oxygens (including phenoxy) is 7. The number of nitrogens with zero attached hydrogens (tertiary/aromatic N) is 6. The van der Waals surface area contributed by atoms with Crippen LogP contribution in [0.4, 0.5) is 16.2 Å². The summed E-state index contributed by atoms with van der Waals surface area (Å²) in [5.41, 5.74) is 2.52. The lowest BCUT2D eigenvalue weighted by molar-refractivity contribution is -0.164. The van der Waals surface area contributed by atoms with Gasteiger partial charge in [-0.15, -0.1) is 0 Å². The predicted molar refractivity (Wildman–Crippen MR) is 283 cm³/mol. The number of nitrogens with one attached hydrogen (secondary N) is 1. The number of hydrogen-bond acceptors (Lipinski definition) is 17. The molecule has 4 aliphatic heterocycles. The zero-order valence-corrected chi connectivity index (χ0v) is 45.3. The lowest BCUT2D eigenvalue weighted by Crippen LogP contribution is -2.74. The van der Waals surface area contributed by atoms with E-state index < -0.39 is 42.6 Å². The van der Waals surface area contributed by atoms with Crippen LogP contribution in [0.1, 0.15) is 90.0 Å². The summed E-state index contributed by atoms with van der Waals surface area (Å²) < 4.78 is 37.4. The summed E-state index contributed by atoms with van der Waals surface area (Å²) in [4.78, 5) is 88.6. The molecule has 1 atom stereocenters. The molecule has 0 bridgehead atoms. The van der Waals surface area contributed by atoms with Crippen LogP contribution in [-0.4, -0.2) is 181 Å². The Balaban J connectivity index is 0.736. The van der Waals surface area contributed by atoms with Crippen LogP contribution < -0.4 is 19.9 Å². The quantitative estimate of drug-likeness (QED) is 0.0676. The zero-order chi connectivity index (χ0) is 54.9. The molecule has 3 saturated heterocycles. The average Bonchev–Trinajstić information content (AvgIpc) is 3.80. The highest BCUT2D eigenvalue weighted by Crippen LogP contribution is 2.55. The number of piperazine rings is 1. The Kier molecular flexibility index (Phi) is 18.8. The molecule has 3 aromatic rings. The highest BCUT2D eigenvalue weighted by molar-refractivity contribution is 6.31. The first-order valence-electron chi connectivity index (χ1n) is 26.4. The summed E-state index contributed by atoms with van der Waals surface area (Å²) >= 11 is 6.27. The molecule has 1 saturated carbocycles. The SMILES string of the molecule is COCCOCCOCCOCCOC(=O)OCN1C(=O)CCC(N2C(=O)c3ccc(N4CCN(CC5CCN(c6ccc(C(=O)N[C@H]7C(C)(C)[C@H](Oc8ccc(C#N)c(Cl)c8)C7(C)C)cc6)CC5)CC4)cc3C2=O)C1=O. The van der Waals surface area contributed by atoms with E-state index in [1.165, 1.54) is 0 Å². The van der Waals surface area contributed by atoms with Crippen LogP contribution in [0.2, 0.25) is 5.02 Å². The molecule has 1 unspecified atom stereocenters. The van der Waals surface area contributed by atoms with Crippen LogP contribution in [0.3, 0.4) is 0 Å². The molecule has 5 aliphatic rings. The van der Waals surface area contributed by atoms with Gasteiger partial charge >= 0.3 is 6.16 Å². The fraction of sp³-hybridized carbons (Fsp3) is 0.554. The van der Waals surface area contributed by atoms with Gasteiger partial charge in [0.1, 0.15) is 30.6 Å². The molecular formula is C56H70ClN7O13. The zero-order valence-electron chi connectivity index (χ0n) is 44.6. The number of rotatable bonds is 23. The van der Waals surface area contributed by atoms with Gasteiger partial charge in [0.05, 0.1) is 68.0 Å². The third-order valence-electron chi connectivity index (χ3n) is 15.4. The Morgan fingerprint density at radius 3 is 1.96 bits per heavy atom. The van der Waals surface area contributed by atoms with E-state index in [9.17, 15) is 34.0 Å². The van der Waals surface area contributed by atoms with Crippen molar-refractivity contribution >= 4 is 58.7 Å². The normalized spacial score (nSPS) is 21.4. The van der Waals surface area contributed by atoms with Crippen LogP contribution in [0.5, 0.6) is 5.75 Å². The Bertz CT molecular complexity index is 2650. The molecule has 4 heterocycles. The lowest BCUT2D eigenvalue weighted by atomic mass is 9.49. The van der Waals surface area contributed by atoms with E-state index in [1.54, 1.807) is 37.4 Å². The second kappa shape index (κ2) is 25.4. The molecule has 0 spiro atoms. The third kappa shape index (κ3) is 13.2. The monoisotopic (exact) mass is 1080 g/mol. The molecule has 0 aromatic heterocycles. The highest BCUT2D eigenvalue weighted by atomic mass is 35.5. The van der Waals surface area contributed by atoms with Gasteiger partial charge in [-0.25, -0.2) is 9.69 Å². The molecule has 3 aromatic carbocycles. The largest absolute Gasteiger partial charge is 0.510 e. The number of halogens is 1. The number of anilines is 2. The number of amides is 5. The molecule has 1 aliphatic carbocycles. The molecule has 77 heavy (non-hydrogen) atoms. The summed E-state index contributed by atoms with van der Waals surface area (Å²) in [5, 5.41) is 12.9. The van der Waals surface area contributed by atoms with E-state index in [0.717, 1.165) is 79.8 Å². The number of nitriles is 1. The molecule has 414 valence electrons. The first-order chi connectivity index (χ1) is 37.0. The van der Waals surface area contributed by atoms with Gasteiger partial charge in [0.2, 0.25) is 5.91 Å². The number of benzene rings is 3. The number of piperidine rings is 2. The van der Waals surface area contributed by atoms with Crippen molar-refractivity contribution < 1.29 is 61.9 Å². The molecule has 1 N–H and O–H groups in total. The van der Waals surface area contributed by atoms with Gasteiger partial charge in [0.25, 0.3) is 23.6 Å². The third-order valence-corrected chi connectivity index (χ3v) is 15.7. The minimum Gasteiger partial charge on any atom is -0.489 e. The van der Waals surface area contributed by atoms with Gasteiger partial charge in [-0.1, -0.05) is 39.3 Å². The minimum atomic E-state index is -1.25. The fourth-order valence-corrected chi connectivity index (χ4v) is 11.7. The van der Waals surface area contributed by atoms with Crippen molar-refractivity contribution in [2.75, 3.05) is 122 Å². The molecule has 8 rings (SSSR count). The maximum Gasteiger partial charge on any atom is 0.510 e. The first kappa shape index (κ1) is 56.9. The average molecular weight is 1080 g/mol.